The van der Waals surface area contributed by atoms with Crippen LogP contribution < -0.4 is 4.74 Å². The highest BCUT2D eigenvalue weighted by atomic mass is 16.7. The highest BCUT2D eigenvalue weighted by molar-refractivity contribution is 5.90. The molecule has 4 atom stereocenters. The van der Waals surface area contributed by atoms with Gasteiger partial charge in [0, 0.05) is 18.5 Å². The first-order valence-electron chi connectivity index (χ1n) is 15.8. The second-order valence-electron chi connectivity index (χ2n) is 13.0. The van der Waals surface area contributed by atoms with Crippen LogP contribution in [0.5, 0.6) is 11.5 Å². The van der Waals surface area contributed by atoms with Gasteiger partial charge in [-0.3, -0.25) is 9.69 Å². The monoisotopic (exact) mass is 579 g/mol. The number of likely N-dealkylation sites (tertiary alicyclic amines) is 1. The van der Waals surface area contributed by atoms with Gasteiger partial charge >= 0.3 is 6.16 Å². The molecule has 222 valence electrons. The van der Waals surface area contributed by atoms with Gasteiger partial charge in [0.1, 0.15) is 5.60 Å². The molecule has 5 aliphatic rings. The summed E-state index contributed by atoms with van der Waals surface area (Å²) in [7, 11) is 0. The predicted octanol–water partition coefficient (Wildman–Crippen LogP) is 5.99. The number of benzene rings is 3. The minimum absolute atomic E-state index is 0.0173. The number of phenolic OH excluding ortho intramolecular Hbond substituents is 1. The average molecular weight is 580 g/mol. The minimum atomic E-state index is -0.949. The molecule has 2 saturated carbocycles. The van der Waals surface area contributed by atoms with Crippen LogP contribution >= 0.6 is 0 Å². The fraction of sp³-hybridized carbons (Fsp3) is 0.444. The molecule has 1 saturated heterocycles. The van der Waals surface area contributed by atoms with Crippen molar-refractivity contribution in [3.8, 4) is 22.6 Å². The first kappa shape index (κ1) is 26.8. The normalized spacial score (nSPS) is 28.6. The van der Waals surface area contributed by atoms with Gasteiger partial charge in [0.15, 0.2) is 23.4 Å². The summed E-state index contributed by atoms with van der Waals surface area (Å²) in [6, 6.07) is 22.4. The fourth-order valence-electron chi connectivity index (χ4n) is 8.55. The van der Waals surface area contributed by atoms with E-state index in [0.717, 1.165) is 30.6 Å². The highest BCUT2D eigenvalue weighted by Gasteiger charge is 2.75. The van der Waals surface area contributed by atoms with Crippen molar-refractivity contribution >= 4 is 11.9 Å². The zero-order valence-electron chi connectivity index (χ0n) is 24.3. The van der Waals surface area contributed by atoms with E-state index >= 15 is 0 Å². The molecule has 8 rings (SSSR count). The number of phenols is 1. The molecule has 2 bridgehead atoms. The number of Topliss-reactive ketones (excluding diaryl/α,β-unsaturated/α-hetero) is 1. The van der Waals surface area contributed by atoms with Gasteiger partial charge in [0.05, 0.1) is 18.1 Å². The van der Waals surface area contributed by atoms with Crippen LogP contribution in [0.15, 0.2) is 66.7 Å². The first-order chi connectivity index (χ1) is 21.0. The molecule has 3 fully saturated rings. The van der Waals surface area contributed by atoms with Gasteiger partial charge in [-0.15, -0.1) is 0 Å². The maximum Gasteiger partial charge on any atom is 0.508 e. The molecule has 0 aromatic heterocycles. The van der Waals surface area contributed by atoms with Crippen LogP contribution in [-0.2, 0) is 32.5 Å². The average Bonchev–Trinajstić information content (AvgIpc) is 3.77. The number of nitrogens with zero attached hydrogens (tertiary/aromatic N) is 1. The maximum atomic E-state index is 13.5. The van der Waals surface area contributed by atoms with E-state index in [0.29, 0.717) is 37.4 Å². The number of piperidine rings is 1. The lowest BCUT2D eigenvalue weighted by Gasteiger charge is -2.63. The van der Waals surface area contributed by atoms with E-state index in [4.69, 9.17) is 14.2 Å². The van der Waals surface area contributed by atoms with Crippen LogP contribution in [0.2, 0.25) is 0 Å². The summed E-state index contributed by atoms with van der Waals surface area (Å²) in [5.41, 5.74) is 3.75. The summed E-state index contributed by atoms with van der Waals surface area (Å²) < 4.78 is 18.5. The number of hydrogen-bond acceptors (Lipinski definition) is 7. The van der Waals surface area contributed by atoms with Crippen molar-refractivity contribution in [2.75, 3.05) is 19.7 Å². The molecule has 2 heterocycles. The molecule has 7 nitrogen and oxygen atoms in total. The molecular weight excluding hydrogens is 542 g/mol. The lowest BCUT2D eigenvalue weighted by molar-refractivity contribution is -0.196. The van der Waals surface area contributed by atoms with Gasteiger partial charge in [-0.05, 0) is 85.7 Å². The third-order valence-electron chi connectivity index (χ3n) is 10.7. The Kier molecular flexibility index (Phi) is 6.30. The number of ether oxygens (including phenoxy) is 3. The van der Waals surface area contributed by atoms with E-state index in [-0.39, 0.29) is 30.6 Å². The minimum Gasteiger partial charge on any atom is -0.504 e. The van der Waals surface area contributed by atoms with Crippen molar-refractivity contribution in [2.24, 2.45) is 5.92 Å². The summed E-state index contributed by atoms with van der Waals surface area (Å²) >= 11 is 0. The summed E-state index contributed by atoms with van der Waals surface area (Å²) in [6.07, 6.45) is 4.54. The lowest BCUT2D eigenvalue weighted by atomic mass is 9.48. The Labute approximate surface area is 251 Å². The molecule has 4 unspecified atom stereocenters. The molecule has 0 radical (unpaired) electrons. The Morgan fingerprint density at radius 3 is 2.58 bits per heavy atom. The highest BCUT2D eigenvalue weighted by Crippen LogP contribution is 2.66. The second-order valence-corrected chi connectivity index (χ2v) is 13.0. The number of carbonyl (C=O) groups excluding carboxylic acids is 2. The zero-order chi connectivity index (χ0) is 29.2. The van der Waals surface area contributed by atoms with Gasteiger partial charge in [-0.2, -0.15) is 0 Å². The summed E-state index contributed by atoms with van der Waals surface area (Å²) in [5.74, 6) is 1.13. The molecule has 1 N–H and O–H groups in total. The Bertz CT molecular complexity index is 1570. The Balaban J connectivity index is 1.01. The molecule has 7 heteroatoms. The van der Waals surface area contributed by atoms with Crippen molar-refractivity contribution < 1.29 is 28.9 Å². The number of aromatic hydroxyl groups is 1. The number of rotatable bonds is 8. The summed E-state index contributed by atoms with van der Waals surface area (Å²) in [4.78, 5) is 29.4. The predicted molar refractivity (Wildman–Crippen MR) is 160 cm³/mol. The lowest BCUT2D eigenvalue weighted by Crippen LogP contribution is -2.77. The van der Waals surface area contributed by atoms with Gasteiger partial charge in [0.25, 0.3) is 0 Å². The first-order valence-corrected chi connectivity index (χ1v) is 15.8. The van der Waals surface area contributed by atoms with E-state index in [9.17, 15) is 14.7 Å². The smallest absolute Gasteiger partial charge is 0.504 e. The van der Waals surface area contributed by atoms with Crippen LogP contribution in [0.4, 0.5) is 4.79 Å². The number of carbonyl (C=O) groups is 2. The van der Waals surface area contributed by atoms with Crippen LogP contribution in [0, 0.1) is 5.92 Å². The van der Waals surface area contributed by atoms with Crippen LogP contribution in [0.25, 0.3) is 11.1 Å². The van der Waals surface area contributed by atoms with Gasteiger partial charge < -0.3 is 19.3 Å². The second kappa shape index (κ2) is 10.1. The Hall–Kier alpha value is -3.84. The molecule has 3 aliphatic carbocycles. The third kappa shape index (κ3) is 4.19. The standard InChI is InChI=1S/C36H37NO6/c38-28-15-14-27-21-30-36(43-34(40)41-20-4-5-23-10-12-26(13-11-23)25-6-2-1-3-7-25)17-16-29(39)33-35(36,31(27)32(28)42-33)18-19-37(30)22-24-8-9-24/h1-3,6-7,10-15,24,30,33,38H,4-5,8-9,16-22H2. The zero-order valence-corrected chi connectivity index (χ0v) is 24.3. The van der Waals surface area contributed by atoms with E-state index in [1.54, 1.807) is 6.07 Å². The van der Waals surface area contributed by atoms with Crippen LogP contribution in [0.1, 0.15) is 55.2 Å². The quantitative estimate of drug-likeness (QED) is 0.259. The number of aryl methyl sites for hydroxylation is 1. The topological polar surface area (TPSA) is 85.3 Å². The van der Waals surface area contributed by atoms with Crippen molar-refractivity contribution in [1.82, 2.24) is 4.90 Å². The number of ketones is 1. The van der Waals surface area contributed by atoms with Crippen molar-refractivity contribution in [1.29, 1.82) is 0 Å². The molecule has 3 aromatic rings. The van der Waals surface area contributed by atoms with Crippen molar-refractivity contribution in [3.63, 3.8) is 0 Å². The fourth-order valence-corrected chi connectivity index (χ4v) is 8.55. The molecule has 3 aromatic carbocycles. The maximum absolute atomic E-state index is 13.5. The molecule has 0 amide bonds. The molecule has 2 aliphatic heterocycles. The number of hydrogen-bond donors (Lipinski definition) is 1. The van der Waals surface area contributed by atoms with E-state index in [1.807, 2.05) is 24.3 Å². The molecular formula is C36H37NO6. The summed E-state index contributed by atoms with van der Waals surface area (Å²) in [5, 5.41) is 10.8. The Morgan fingerprint density at radius 1 is 1.00 bits per heavy atom. The van der Waals surface area contributed by atoms with Gasteiger partial charge in [-0.1, -0.05) is 60.7 Å². The van der Waals surface area contributed by atoms with E-state index in [2.05, 4.69) is 41.3 Å². The Morgan fingerprint density at radius 2 is 1.79 bits per heavy atom. The summed E-state index contributed by atoms with van der Waals surface area (Å²) in [6.45, 7) is 2.04. The van der Waals surface area contributed by atoms with Crippen molar-refractivity contribution in [2.45, 2.75) is 74.5 Å². The third-order valence-corrected chi connectivity index (χ3v) is 10.7. The van der Waals surface area contributed by atoms with Gasteiger partial charge in [0.2, 0.25) is 0 Å². The largest absolute Gasteiger partial charge is 0.508 e. The van der Waals surface area contributed by atoms with Gasteiger partial charge in [-0.25, -0.2) is 4.79 Å². The van der Waals surface area contributed by atoms with E-state index in [1.165, 1.54) is 29.5 Å². The molecule has 1 spiro atoms. The van der Waals surface area contributed by atoms with Crippen LogP contribution in [-0.4, -0.2) is 59.4 Å². The SMILES string of the molecule is O=C(OCCCc1ccc(-c2ccccc2)cc1)OC12CCC(=O)C3Oc4c(O)ccc5c4C31CCN(CC1CC1)C2C5. The van der Waals surface area contributed by atoms with Crippen molar-refractivity contribution in [3.05, 3.63) is 83.4 Å². The van der Waals surface area contributed by atoms with Crippen LogP contribution in [0.3, 0.4) is 0 Å². The molecule has 43 heavy (non-hydrogen) atoms. The van der Waals surface area contributed by atoms with E-state index < -0.39 is 23.3 Å².